The van der Waals surface area contributed by atoms with E-state index in [9.17, 15) is 0 Å². The average molecular weight is 190 g/mol. The Morgan fingerprint density at radius 1 is 1.29 bits per heavy atom. The lowest BCUT2D eigenvalue weighted by Crippen LogP contribution is -2.14. The van der Waals surface area contributed by atoms with E-state index in [1.807, 2.05) is 6.92 Å². The van der Waals surface area contributed by atoms with Crippen molar-refractivity contribution >= 4 is 6.02 Å². The van der Waals surface area contributed by atoms with Gasteiger partial charge < -0.3 is 10.5 Å². The molecule has 1 aromatic carbocycles. The lowest BCUT2D eigenvalue weighted by Gasteiger charge is -2.14. The highest BCUT2D eigenvalue weighted by Gasteiger charge is 2.27. The zero-order valence-electron chi connectivity index (χ0n) is 8.40. The molecule has 3 nitrogen and oxygen atoms in total. The number of amidine groups is 1. The number of nitrogens with two attached hydrogens (primary N) is 1. The molecule has 2 unspecified atom stereocenters. The molecule has 14 heavy (non-hydrogen) atoms. The Balaban J connectivity index is 2.21. The second kappa shape index (κ2) is 3.33. The first-order valence-corrected chi connectivity index (χ1v) is 4.73. The van der Waals surface area contributed by atoms with Crippen LogP contribution in [0.1, 0.15) is 24.2 Å². The predicted octanol–water partition coefficient (Wildman–Crippen LogP) is 1.77. The number of ether oxygens (including phenoxy) is 1. The molecule has 0 saturated heterocycles. The lowest BCUT2D eigenvalue weighted by molar-refractivity contribution is 0.199. The van der Waals surface area contributed by atoms with Crippen molar-refractivity contribution in [2.75, 3.05) is 0 Å². The summed E-state index contributed by atoms with van der Waals surface area (Å²) in [5, 5.41) is 0. The van der Waals surface area contributed by atoms with Crippen LogP contribution in [0, 0.1) is 6.92 Å². The number of aliphatic imine (C=N–C) groups is 1. The normalized spacial score (nSPS) is 25.7. The summed E-state index contributed by atoms with van der Waals surface area (Å²) in [6, 6.07) is 8.66. The Hall–Kier alpha value is -1.51. The van der Waals surface area contributed by atoms with Gasteiger partial charge in [-0.05, 0) is 19.4 Å². The van der Waals surface area contributed by atoms with E-state index in [1.165, 1.54) is 5.56 Å². The summed E-state index contributed by atoms with van der Waals surface area (Å²) in [5.74, 6) is 0. The Bertz CT molecular complexity index is 356. The molecule has 1 aliphatic rings. The third-order valence-corrected chi connectivity index (χ3v) is 2.42. The summed E-state index contributed by atoms with van der Waals surface area (Å²) in [7, 11) is 0. The first-order valence-electron chi connectivity index (χ1n) is 4.73. The van der Waals surface area contributed by atoms with Crippen LogP contribution >= 0.6 is 0 Å². The molecule has 2 rings (SSSR count). The summed E-state index contributed by atoms with van der Waals surface area (Å²) in [6.45, 7) is 4.07. The van der Waals surface area contributed by atoms with Crippen LogP contribution in [-0.4, -0.2) is 12.1 Å². The maximum absolute atomic E-state index is 5.51. The van der Waals surface area contributed by atoms with Crippen molar-refractivity contribution in [3.63, 3.8) is 0 Å². The zero-order valence-corrected chi connectivity index (χ0v) is 8.40. The van der Waals surface area contributed by atoms with E-state index in [2.05, 4.69) is 36.2 Å². The fourth-order valence-corrected chi connectivity index (χ4v) is 1.63. The van der Waals surface area contributed by atoms with Crippen molar-refractivity contribution in [3.8, 4) is 0 Å². The van der Waals surface area contributed by atoms with Crippen molar-refractivity contribution < 1.29 is 4.74 Å². The van der Waals surface area contributed by atoms with Gasteiger partial charge >= 0.3 is 0 Å². The van der Waals surface area contributed by atoms with Gasteiger partial charge in [-0.3, -0.25) is 0 Å². The van der Waals surface area contributed by atoms with E-state index in [0.717, 1.165) is 5.56 Å². The topological polar surface area (TPSA) is 47.6 Å². The number of rotatable bonds is 1. The summed E-state index contributed by atoms with van der Waals surface area (Å²) >= 11 is 0. The highest BCUT2D eigenvalue weighted by atomic mass is 16.5. The number of hydrogen-bond donors (Lipinski definition) is 1. The van der Waals surface area contributed by atoms with Crippen molar-refractivity contribution in [3.05, 3.63) is 35.4 Å². The van der Waals surface area contributed by atoms with Gasteiger partial charge in [0.25, 0.3) is 6.02 Å². The fraction of sp³-hybridized carbons (Fsp3) is 0.364. The molecule has 1 heterocycles. The largest absolute Gasteiger partial charge is 0.455 e. The van der Waals surface area contributed by atoms with Crippen LogP contribution < -0.4 is 5.73 Å². The molecule has 2 atom stereocenters. The highest BCUT2D eigenvalue weighted by Crippen LogP contribution is 2.27. The maximum atomic E-state index is 5.51. The minimum absolute atomic E-state index is 0.0180. The van der Waals surface area contributed by atoms with E-state index in [0.29, 0.717) is 6.02 Å². The van der Waals surface area contributed by atoms with Gasteiger partial charge in [0.2, 0.25) is 0 Å². The van der Waals surface area contributed by atoms with Crippen LogP contribution in [0.3, 0.4) is 0 Å². The standard InChI is InChI=1S/C11H14N2O/c1-7-3-5-9(6-4-7)10-8(2)13-11(12)14-10/h3-6,8,10H,1-2H3,(H2,12,13). The van der Waals surface area contributed by atoms with Gasteiger partial charge in [0.05, 0.1) is 6.04 Å². The first-order chi connectivity index (χ1) is 6.66. The molecule has 0 radical (unpaired) electrons. The van der Waals surface area contributed by atoms with Crippen molar-refractivity contribution in [2.24, 2.45) is 10.7 Å². The zero-order chi connectivity index (χ0) is 10.1. The molecule has 0 fully saturated rings. The van der Waals surface area contributed by atoms with Crippen LogP contribution in [-0.2, 0) is 4.74 Å². The smallest absolute Gasteiger partial charge is 0.283 e. The molecule has 0 bridgehead atoms. The van der Waals surface area contributed by atoms with E-state index in [1.54, 1.807) is 0 Å². The van der Waals surface area contributed by atoms with Crippen molar-refractivity contribution in [1.29, 1.82) is 0 Å². The van der Waals surface area contributed by atoms with E-state index in [4.69, 9.17) is 10.5 Å². The Morgan fingerprint density at radius 3 is 2.43 bits per heavy atom. The fourth-order valence-electron chi connectivity index (χ4n) is 1.63. The molecular formula is C11H14N2O. The maximum Gasteiger partial charge on any atom is 0.283 e. The Kier molecular flexibility index (Phi) is 2.15. The molecule has 0 aliphatic carbocycles. The molecule has 1 aromatic rings. The number of hydrogen-bond acceptors (Lipinski definition) is 3. The minimum Gasteiger partial charge on any atom is -0.455 e. The first kappa shape index (κ1) is 9.06. The van der Waals surface area contributed by atoms with Crippen LogP contribution in [0.25, 0.3) is 0 Å². The molecule has 74 valence electrons. The van der Waals surface area contributed by atoms with Gasteiger partial charge in [-0.15, -0.1) is 0 Å². The Labute approximate surface area is 83.6 Å². The molecule has 0 spiro atoms. The van der Waals surface area contributed by atoms with Gasteiger partial charge in [-0.1, -0.05) is 29.8 Å². The summed E-state index contributed by atoms with van der Waals surface area (Å²) < 4.78 is 5.43. The van der Waals surface area contributed by atoms with Crippen LogP contribution in [0.2, 0.25) is 0 Å². The highest BCUT2D eigenvalue weighted by molar-refractivity contribution is 5.73. The quantitative estimate of drug-likeness (QED) is 0.733. The molecule has 0 aromatic heterocycles. The summed E-state index contributed by atoms with van der Waals surface area (Å²) in [4.78, 5) is 4.14. The van der Waals surface area contributed by atoms with Crippen molar-refractivity contribution in [2.45, 2.75) is 26.0 Å². The number of nitrogens with zero attached hydrogens (tertiary/aromatic N) is 1. The van der Waals surface area contributed by atoms with E-state index >= 15 is 0 Å². The molecule has 3 heteroatoms. The third-order valence-electron chi connectivity index (χ3n) is 2.42. The van der Waals surface area contributed by atoms with Gasteiger partial charge in [0, 0.05) is 0 Å². The summed E-state index contributed by atoms with van der Waals surface area (Å²) in [5.41, 5.74) is 7.89. The molecular weight excluding hydrogens is 176 g/mol. The van der Waals surface area contributed by atoms with Crippen molar-refractivity contribution in [1.82, 2.24) is 0 Å². The monoisotopic (exact) mass is 190 g/mol. The molecule has 2 N–H and O–H groups in total. The molecule has 1 aliphatic heterocycles. The van der Waals surface area contributed by atoms with Crippen LogP contribution in [0.15, 0.2) is 29.3 Å². The predicted molar refractivity (Wildman–Crippen MR) is 56.1 cm³/mol. The Morgan fingerprint density at radius 2 is 1.93 bits per heavy atom. The number of aryl methyl sites for hydroxylation is 1. The van der Waals surface area contributed by atoms with Crippen LogP contribution in [0.5, 0.6) is 0 Å². The number of benzene rings is 1. The van der Waals surface area contributed by atoms with Gasteiger partial charge in [0.1, 0.15) is 6.10 Å². The van der Waals surface area contributed by atoms with Gasteiger partial charge in [0.15, 0.2) is 0 Å². The average Bonchev–Trinajstić information content (AvgIpc) is 2.47. The third kappa shape index (κ3) is 1.58. The van der Waals surface area contributed by atoms with Gasteiger partial charge in [-0.2, -0.15) is 0 Å². The second-order valence-corrected chi connectivity index (χ2v) is 3.66. The lowest BCUT2D eigenvalue weighted by atomic mass is 10.0. The minimum atomic E-state index is -0.0180. The van der Waals surface area contributed by atoms with Crippen LogP contribution in [0.4, 0.5) is 0 Å². The summed E-state index contributed by atoms with van der Waals surface area (Å²) in [6.07, 6.45) is -0.0180. The van der Waals surface area contributed by atoms with E-state index < -0.39 is 0 Å². The van der Waals surface area contributed by atoms with Gasteiger partial charge in [-0.25, -0.2) is 4.99 Å². The molecule has 0 amide bonds. The second-order valence-electron chi connectivity index (χ2n) is 3.66. The SMILES string of the molecule is Cc1ccc(C2OC(N)=NC2C)cc1. The van der Waals surface area contributed by atoms with E-state index in [-0.39, 0.29) is 12.1 Å². The molecule has 0 saturated carbocycles.